The van der Waals surface area contributed by atoms with Crippen LogP contribution < -0.4 is 10.6 Å². The first-order chi connectivity index (χ1) is 9.65. The largest absolute Gasteiger partial charge is 0.385 e. The van der Waals surface area contributed by atoms with E-state index in [4.69, 9.17) is 4.74 Å². The third-order valence-electron chi connectivity index (χ3n) is 3.74. The SMILES string of the molecule is Cc1ccc(NCCC(=O)NCC2CCCO2)cc1C. The zero-order valence-electron chi connectivity index (χ0n) is 12.4. The van der Waals surface area contributed by atoms with Crippen molar-refractivity contribution in [2.45, 2.75) is 39.2 Å². The summed E-state index contributed by atoms with van der Waals surface area (Å²) in [5.74, 6) is 0.0804. The van der Waals surface area contributed by atoms with E-state index in [1.807, 2.05) is 6.07 Å². The van der Waals surface area contributed by atoms with Crippen LogP contribution in [0.25, 0.3) is 0 Å². The minimum absolute atomic E-state index is 0.0804. The second-order valence-electron chi connectivity index (χ2n) is 5.41. The Morgan fingerprint density at radius 1 is 1.35 bits per heavy atom. The lowest BCUT2D eigenvalue weighted by molar-refractivity contribution is -0.121. The van der Waals surface area contributed by atoms with Crippen molar-refractivity contribution >= 4 is 11.6 Å². The van der Waals surface area contributed by atoms with Crippen molar-refractivity contribution < 1.29 is 9.53 Å². The number of hydrogen-bond donors (Lipinski definition) is 2. The number of benzene rings is 1. The molecule has 0 aliphatic carbocycles. The van der Waals surface area contributed by atoms with E-state index in [-0.39, 0.29) is 12.0 Å². The van der Waals surface area contributed by atoms with Crippen molar-refractivity contribution in [3.8, 4) is 0 Å². The highest BCUT2D eigenvalue weighted by Gasteiger charge is 2.15. The maximum Gasteiger partial charge on any atom is 0.221 e. The Labute approximate surface area is 120 Å². The Kier molecular flexibility index (Phi) is 5.41. The van der Waals surface area contributed by atoms with Crippen LogP contribution in [0.15, 0.2) is 18.2 Å². The predicted octanol–water partition coefficient (Wildman–Crippen LogP) is 2.40. The molecule has 110 valence electrons. The summed E-state index contributed by atoms with van der Waals surface area (Å²) in [6.07, 6.45) is 2.86. The van der Waals surface area contributed by atoms with Gasteiger partial charge in [-0.15, -0.1) is 0 Å². The van der Waals surface area contributed by atoms with Crippen LogP contribution >= 0.6 is 0 Å². The summed E-state index contributed by atoms with van der Waals surface area (Å²) >= 11 is 0. The molecule has 2 N–H and O–H groups in total. The maximum atomic E-state index is 11.7. The zero-order chi connectivity index (χ0) is 14.4. The molecule has 0 spiro atoms. The van der Waals surface area contributed by atoms with E-state index >= 15 is 0 Å². The van der Waals surface area contributed by atoms with E-state index in [1.165, 1.54) is 11.1 Å². The summed E-state index contributed by atoms with van der Waals surface area (Å²) < 4.78 is 5.47. The molecule has 20 heavy (non-hydrogen) atoms. The van der Waals surface area contributed by atoms with E-state index in [1.54, 1.807) is 0 Å². The summed E-state index contributed by atoms with van der Waals surface area (Å²) in [4.78, 5) is 11.7. The first-order valence-electron chi connectivity index (χ1n) is 7.34. The summed E-state index contributed by atoms with van der Waals surface area (Å²) in [6.45, 7) is 6.31. The van der Waals surface area contributed by atoms with Gasteiger partial charge in [0.2, 0.25) is 5.91 Å². The van der Waals surface area contributed by atoms with E-state index in [0.717, 1.165) is 25.1 Å². The number of aryl methyl sites for hydroxylation is 2. The van der Waals surface area contributed by atoms with Gasteiger partial charge in [-0.2, -0.15) is 0 Å². The lowest BCUT2D eigenvalue weighted by Crippen LogP contribution is -2.32. The van der Waals surface area contributed by atoms with Crippen LogP contribution in [-0.2, 0) is 9.53 Å². The molecule has 0 bridgehead atoms. The molecule has 1 atom stereocenters. The topological polar surface area (TPSA) is 50.4 Å². The van der Waals surface area contributed by atoms with Gasteiger partial charge in [-0.1, -0.05) is 6.07 Å². The lowest BCUT2D eigenvalue weighted by Gasteiger charge is -2.11. The third kappa shape index (κ3) is 4.53. The molecule has 4 nitrogen and oxygen atoms in total. The fraction of sp³-hybridized carbons (Fsp3) is 0.562. The van der Waals surface area contributed by atoms with Gasteiger partial charge in [-0.25, -0.2) is 0 Å². The van der Waals surface area contributed by atoms with Crippen LogP contribution in [0.5, 0.6) is 0 Å². The van der Waals surface area contributed by atoms with E-state index < -0.39 is 0 Å². The molecule has 1 aliphatic heterocycles. The monoisotopic (exact) mass is 276 g/mol. The number of rotatable bonds is 6. The molecule has 1 aromatic rings. The molecule has 1 amide bonds. The molecule has 1 saturated heterocycles. The number of amides is 1. The quantitative estimate of drug-likeness (QED) is 0.839. The highest BCUT2D eigenvalue weighted by molar-refractivity contribution is 5.76. The number of carbonyl (C=O) groups excluding carboxylic acids is 1. The fourth-order valence-electron chi connectivity index (χ4n) is 2.29. The van der Waals surface area contributed by atoms with Crippen molar-refractivity contribution in [2.24, 2.45) is 0 Å². The molecular weight excluding hydrogens is 252 g/mol. The summed E-state index contributed by atoms with van der Waals surface area (Å²) in [6, 6.07) is 6.25. The van der Waals surface area contributed by atoms with Gasteiger partial charge in [-0.3, -0.25) is 4.79 Å². The van der Waals surface area contributed by atoms with Gasteiger partial charge in [-0.05, 0) is 49.9 Å². The van der Waals surface area contributed by atoms with Gasteiger partial charge in [0.1, 0.15) is 0 Å². The summed E-state index contributed by atoms with van der Waals surface area (Å²) in [7, 11) is 0. The van der Waals surface area contributed by atoms with Crippen LogP contribution in [0.1, 0.15) is 30.4 Å². The molecule has 1 aliphatic rings. The van der Waals surface area contributed by atoms with E-state index in [0.29, 0.717) is 19.5 Å². The van der Waals surface area contributed by atoms with Gasteiger partial charge in [0, 0.05) is 31.8 Å². The van der Waals surface area contributed by atoms with Gasteiger partial charge in [0.15, 0.2) is 0 Å². The normalized spacial score (nSPS) is 18.0. The number of hydrogen-bond acceptors (Lipinski definition) is 3. The minimum atomic E-state index is 0.0804. The van der Waals surface area contributed by atoms with Gasteiger partial charge in [0.25, 0.3) is 0 Å². The second kappa shape index (κ2) is 7.29. The standard InChI is InChI=1S/C16H24N2O2/c1-12-5-6-14(10-13(12)2)17-8-7-16(19)18-11-15-4-3-9-20-15/h5-6,10,15,17H,3-4,7-9,11H2,1-2H3,(H,18,19). The Balaban J connectivity index is 1.64. The molecule has 2 rings (SSSR count). The molecule has 1 heterocycles. The Morgan fingerprint density at radius 2 is 2.20 bits per heavy atom. The number of anilines is 1. The molecule has 0 saturated carbocycles. The van der Waals surface area contributed by atoms with Crippen molar-refractivity contribution in [3.05, 3.63) is 29.3 Å². The highest BCUT2D eigenvalue weighted by Crippen LogP contribution is 2.14. The summed E-state index contributed by atoms with van der Waals surface area (Å²) in [5, 5.41) is 6.21. The van der Waals surface area contributed by atoms with Gasteiger partial charge in [0.05, 0.1) is 6.10 Å². The Hall–Kier alpha value is -1.55. The van der Waals surface area contributed by atoms with Crippen molar-refractivity contribution in [1.82, 2.24) is 5.32 Å². The maximum absolute atomic E-state index is 11.7. The molecule has 1 fully saturated rings. The highest BCUT2D eigenvalue weighted by atomic mass is 16.5. The van der Waals surface area contributed by atoms with Crippen molar-refractivity contribution in [2.75, 3.05) is 25.0 Å². The molecule has 1 unspecified atom stereocenters. The second-order valence-corrected chi connectivity index (χ2v) is 5.41. The predicted molar refractivity (Wildman–Crippen MR) is 81.0 cm³/mol. The van der Waals surface area contributed by atoms with Crippen LogP contribution in [0.4, 0.5) is 5.69 Å². The van der Waals surface area contributed by atoms with Gasteiger partial charge < -0.3 is 15.4 Å². The Bertz CT molecular complexity index is 454. The first-order valence-corrected chi connectivity index (χ1v) is 7.34. The molecular formula is C16H24N2O2. The van der Waals surface area contributed by atoms with Crippen molar-refractivity contribution in [3.63, 3.8) is 0 Å². The smallest absolute Gasteiger partial charge is 0.221 e. The number of nitrogens with one attached hydrogen (secondary N) is 2. The number of carbonyl (C=O) groups is 1. The van der Waals surface area contributed by atoms with Crippen LogP contribution in [0.3, 0.4) is 0 Å². The van der Waals surface area contributed by atoms with Crippen LogP contribution in [0, 0.1) is 13.8 Å². The van der Waals surface area contributed by atoms with Gasteiger partial charge >= 0.3 is 0 Å². The molecule has 4 heteroatoms. The fourth-order valence-corrected chi connectivity index (χ4v) is 2.29. The average molecular weight is 276 g/mol. The van der Waals surface area contributed by atoms with Crippen LogP contribution in [0.2, 0.25) is 0 Å². The molecule has 1 aromatic carbocycles. The third-order valence-corrected chi connectivity index (χ3v) is 3.74. The first kappa shape index (κ1) is 14.9. The summed E-state index contributed by atoms with van der Waals surface area (Å²) in [5.41, 5.74) is 3.61. The number of ether oxygens (including phenoxy) is 1. The van der Waals surface area contributed by atoms with E-state index in [2.05, 4.69) is 36.6 Å². The average Bonchev–Trinajstić information content (AvgIpc) is 2.94. The zero-order valence-corrected chi connectivity index (χ0v) is 12.4. The van der Waals surface area contributed by atoms with E-state index in [9.17, 15) is 4.79 Å². The minimum Gasteiger partial charge on any atom is -0.385 e. The lowest BCUT2D eigenvalue weighted by atomic mass is 10.1. The molecule has 0 aromatic heterocycles. The van der Waals surface area contributed by atoms with Crippen molar-refractivity contribution in [1.29, 1.82) is 0 Å². The van der Waals surface area contributed by atoms with Crippen LogP contribution in [-0.4, -0.2) is 31.7 Å². The molecule has 0 radical (unpaired) electrons. The Morgan fingerprint density at radius 3 is 2.90 bits per heavy atom.